The maximum Gasteiger partial charge on any atom is 0.0547 e. The number of nitrogens with one attached hydrogen (secondary N) is 1. The summed E-state index contributed by atoms with van der Waals surface area (Å²) in [6.07, 6.45) is 2.49. The monoisotopic (exact) mass is 263 g/mol. The Bertz CT molecular complexity index is 377. The molecule has 1 aromatic heterocycles. The number of pyridine rings is 1. The Hall–Kier alpha value is -0.970. The average Bonchev–Trinajstić information content (AvgIpc) is 2.40. The van der Waals surface area contributed by atoms with Crippen LogP contribution in [-0.2, 0) is 17.8 Å². The first-order valence-electron chi connectivity index (χ1n) is 7.13. The minimum atomic E-state index is 0.680. The second-order valence-electron chi connectivity index (χ2n) is 5.43. The molecule has 0 bridgehead atoms. The van der Waals surface area contributed by atoms with E-state index in [2.05, 4.69) is 40.4 Å². The lowest BCUT2D eigenvalue weighted by atomic mass is 10.0. The van der Waals surface area contributed by atoms with Crippen LogP contribution in [0, 0.1) is 5.92 Å². The Morgan fingerprint density at radius 1 is 1.42 bits per heavy atom. The molecular formula is C15H25N3O. The van der Waals surface area contributed by atoms with Crippen LogP contribution in [0.3, 0.4) is 0 Å². The van der Waals surface area contributed by atoms with Crippen molar-refractivity contribution >= 4 is 0 Å². The van der Waals surface area contributed by atoms with E-state index >= 15 is 0 Å². The van der Waals surface area contributed by atoms with Crippen LogP contribution in [0.4, 0.5) is 0 Å². The molecule has 0 aromatic carbocycles. The summed E-state index contributed by atoms with van der Waals surface area (Å²) in [7, 11) is 4.12. The maximum atomic E-state index is 5.53. The highest BCUT2D eigenvalue weighted by molar-refractivity contribution is 5.11. The molecule has 1 aliphatic heterocycles. The van der Waals surface area contributed by atoms with Crippen LogP contribution in [-0.4, -0.2) is 43.7 Å². The number of hydrogen-bond acceptors (Lipinski definition) is 4. The average molecular weight is 263 g/mol. The molecule has 2 rings (SSSR count). The molecule has 0 radical (unpaired) electrons. The van der Waals surface area contributed by atoms with Gasteiger partial charge in [0.1, 0.15) is 0 Å². The quantitative estimate of drug-likeness (QED) is 0.847. The SMILES string of the molecule is CNCc1cccc(CN(C)CC2CCCOC2)n1. The van der Waals surface area contributed by atoms with Crippen LogP contribution in [0.2, 0.25) is 0 Å². The van der Waals surface area contributed by atoms with Gasteiger partial charge in [0.15, 0.2) is 0 Å². The Kier molecular flexibility index (Phi) is 5.76. The summed E-state index contributed by atoms with van der Waals surface area (Å²) < 4.78 is 5.53. The van der Waals surface area contributed by atoms with E-state index in [9.17, 15) is 0 Å². The zero-order valence-corrected chi connectivity index (χ0v) is 12.1. The van der Waals surface area contributed by atoms with Crippen LogP contribution in [0.1, 0.15) is 24.2 Å². The number of rotatable bonds is 6. The molecular weight excluding hydrogens is 238 g/mol. The van der Waals surface area contributed by atoms with Gasteiger partial charge in [-0.05, 0) is 45.0 Å². The van der Waals surface area contributed by atoms with Crippen molar-refractivity contribution in [3.8, 4) is 0 Å². The zero-order chi connectivity index (χ0) is 13.5. The number of aromatic nitrogens is 1. The molecule has 1 unspecified atom stereocenters. The smallest absolute Gasteiger partial charge is 0.0547 e. The molecule has 1 fully saturated rings. The Morgan fingerprint density at radius 2 is 2.26 bits per heavy atom. The highest BCUT2D eigenvalue weighted by Crippen LogP contribution is 2.15. The number of nitrogens with zero attached hydrogens (tertiary/aromatic N) is 2. The highest BCUT2D eigenvalue weighted by Gasteiger charge is 2.16. The molecule has 0 aliphatic carbocycles. The molecule has 1 N–H and O–H groups in total. The maximum absolute atomic E-state index is 5.53. The van der Waals surface area contributed by atoms with Crippen molar-refractivity contribution in [3.05, 3.63) is 29.6 Å². The van der Waals surface area contributed by atoms with Crippen LogP contribution >= 0.6 is 0 Å². The first-order valence-corrected chi connectivity index (χ1v) is 7.13. The van der Waals surface area contributed by atoms with E-state index in [1.165, 1.54) is 12.8 Å². The third kappa shape index (κ3) is 4.90. The van der Waals surface area contributed by atoms with Gasteiger partial charge in [0, 0.05) is 26.2 Å². The lowest BCUT2D eigenvalue weighted by Crippen LogP contribution is -2.30. The van der Waals surface area contributed by atoms with Crippen molar-refractivity contribution in [3.63, 3.8) is 0 Å². The summed E-state index contributed by atoms with van der Waals surface area (Å²) in [6, 6.07) is 6.26. The molecule has 0 saturated carbocycles. The lowest BCUT2D eigenvalue weighted by Gasteiger charge is -2.26. The molecule has 0 amide bonds. The molecule has 4 heteroatoms. The summed E-state index contributed by atoms with van der Waals surface area (Å²) in [6.45, 7) is 4.69. The van der Waals surface area contributed by atoms with Crippen LogP contribution in [0.5, 0.6) is 0 Å². The number of ether oxygens (including phenoxy) is 1. The van der Waals surface area contributed by atoms with Crippen molar-refractivity contribution in [2.75, 3.05) is 33.9 Å². The van der Waals surface area contributed by atoms with Gasteiger partial charge in [-0.25, -0.2) is 0 Å². The Labute approximate surface area is 116 Å². The van der Waals surface area contributed by atoms with Crippen molar-refractivity contribution < 1.29 is 4.74 Å². The van der Waals surface area contributed by atoms with Gasteiger partial charge in [0.05, 0.1) is 18.0 Å². The minimum Gasteiger partial charge on any atom is -0.381 e. The normalized spacial score (nSPS) is 19.8. The van der Waals surface area contributed by atoms with Gasteiger partial charge >= 0.3 is 0 Å². The predicted octanol–water partition coefficient (Wildman–Crippen LogP) is 1.66. The van der Waals surface area contributed by atoms with Crippen molar-refractivity contribution in [2.45, 2.75) is 25.9 Å². The van der Waals surface area contributed by atoms with Crippen molar-refractivity contribution in [2.24, 2.45) is 5.92 Å². The molecule has 1 aliphatic rings. The van der Waals surface area contributed by atoms with Gasteiger partial charge in [-0.2, -0.15) is 0 Å². The van der Waals surface area contributed by atoms with Crippen LogP contribution in [0.25, 0.3) is 0 Å². The molecule has 1 aromatic rings. The summed E-state index contributed by atoms with van der Waals surface area (Å²) in [5, 5.41) is 3.14. The van der Waals surface area contributed by atoms with E-state index in [-0.39, 0.29) is 0 Å². The molecule has 4 nitrogen and oxygen atoms in total. The summed E-state index contributed by atoms with van der Waals surface area (Å²) in [5.41, 5.74) is 2.25. The molecule has 1 atom stereocenters. The molecule has 1 saturated heterocycles. The van der Waals surface area contributed by atoms with Crippen molar-refractivity contribution in [1.82, 2.24) is 15.2 Å². The van der Waals surface area contributed by atoms with E-state index in [1.807, 2.05) is 7.05 Å². The first kappa shape index (κ1) is 14.4. The second kappa shape index (κ2) is 7.58. The fourth-order valence-electron chi connectivity index (χ4n) is 2.63. The summed E-state index contributed by atoms with van der Waals surface area (Å²) >= 11 is 0. The van der Waals surface area contributed by atoms with Gasteiger partial charge in [0.25, 0.3) is 0 Å². The Balaban J connectivity index is 1.83. The van der Waals surface area contributed by atoms with E-state index in [0.29, 0.717) is 5.92 Å². The van der Waals surface area contributed by atoms with E-state index in [1.54, 1.807) is 0 Å². The van der Waals surface area contributed by atoms with Gasteiger partial charge in [0.2, 0.25) is 0 Å². The Morgan fingerprint density at radius 3 is 3.00 bits per heavy atom. The second-order valence-corrected chi connectivity index (χ2v) is 5.43. The first-order chi connectivity index (χ1) is 9.28. The number of hydrogen-bond donors (Lipinski definition) is 1. The minimum absolute atomic E-state index is 0.680. The van der Waals surface area contributed by atoms with Gasteiger partial charge in [-0.15, -0.1) is 0 Å². The third-order valence-corrected chi connectivity index (χ3v) is 3.48. The zero-order valence-electron chi connectivity index (χ0n) is 12.1. The van der Waals surface area contributed by atoms with Crippen LogP contribution < -0.4 is 5.32 Å². The van der Waals surface area contributed by atoms with Gasteiger partial charge < -0.3 is 15.0 Å². The van der Waals surface area contributed by atoms with E-state index < -0.39 is 0 Å². The summed E-state index contributed by atoms with van der Waals surface area (Å²) in [5.74, 6) is 0.680. The third-order valence-electron chi connectivity index (χ3n) is 3.48. The topological polar surface area (TPSA) is 37.4 Å². The van der Waals surface area contributed by atoms with E-state index in [0.717, 1.165) is 44.2 Å². The highest BCUT2D eigenvalue weighted by atomic mass is 16.5. The largest absolute Gasteiger partial charge is 0.381 e. The standard InChI is InChI=1S/C15H25N3O/c1-16-9-14-6-3-7-15(17-14)11-18(2)10-13-5-4-8-19-12-13/h3,6-7,13,16H,4-5,8-12H2,1-2H3. The van der Waals surface area contributed by atoms with Crippen molar-refractivity contribution in [1.29, 1.82) is 0 Å². The fourth-order valence-corrected chi connectivity index (χ4v) is 2.63. The van der Waals surface area contributed by atoms with Gasteiger partial charge in [-0.1, -0.05) is 6.07 Å². The van der Waals surface area contributed by atoms with Crippen LogP contribution in [0.15, 0.2) is 18.2 Å². The fraction of sp³-hybridized carbons (Fsp3) is 0.667. The lowest BCUT2D eigenvalue weighted by molar-refractivity contribution is 0.0410. The van der Waals surface area contributed by atoms with Gasteiger partial charge in [-0.3, -0.25) is 4.98 Å². The molecule has 19 heavy (non-hydrogen) atoms. The summed E-state index contributed by atoms with van der Waals surface area (Å²) in [4.78, 5) is 7.01. The van der Waals surface area contributed by atoms with E-state index in [4.69, 9.17) is 4.74 Å². The molecule has 106 valence electrons. The predicted molar refractivity (Wildman–Crippen MR) is 76.9 cm³/mol. The molecule has 0 spiro atoms. The molecule has 2 heterocycles.